The lowest BCUT2D eigenvalue weighted by molar-refractivity contribution is 0.214. The van der Waals surface area contributed by atoms with Gasteiger partial charge in [-0.3, -0.25) is 0 Å². The summed E-state index contributed by atoms with van der Waals surface area (Å²) < 4.78 is 0. The second-order valence-corrected chi connectivity index (χ2v) is 7.30. The summed E-state index contributed by atoms with van der Waals surface area (Å²) in [6.45, 7) is 10.5. The van der Waals surface area contributed by atoms with Crippen LogP contribution in [-0.2, 0) is 5.41 Å². The van der Waals surface area contributed by atoms with Gasteiger partial charge in [0.25, 0.3) is 0 Å². The number of hydrogen-bond acceptors (Lipinski definition) is 2. The highest BCUT2D eigenvalue weighted by atomic mass is 32.1. The Morgan fingerprint density at radius 2 is 1.74 bits per heavy atom. The molecule has 1 aliphatic heterocycles. The number of rotatable bonds is 4. The molecule has 1 nitrogen and oxygen atoms in total. The second-order valence-electron chi connectivity index (χ2n) is 6.57. The summed E-state index contributed by atoms with van der Waals surface area (Å²) in [6.07, 6.45) is 3.72. The van der Waals surface area contributed by atoms with Crippen molar-refractivity contribution in [3.05, 3.63) is 35.4 Å². The van der Waals surface area contributed by atoms with Gasteiger partial charge in [0.2, 0.25) is 0 Å². The third-order valence-corrected chi connectivity index (χ3v) is 4.96. The van der Waals surface area contributed by atoms with Gasteiger partial charge >= 0.3 is 0 Å². The molecule has 1 saturated heterocycles. The number of aryl methyl sites for hydroxylation is 1. The number of likely N-dealkylation sites (tertiary alicyclic amines) is 1. The molecule has 0 saturated carbocycles. The fraction of sp³-hybridized carbons (Fsp3) is 0.647. The SMILES string of the molecule is Cc1ccc(C(C)(C)CCN2CCC(S)CC2)cc1. The first kappa shape index (κ1) is 14.9. The monoisotopic (exact) mass is 277 g/mol. The van der Waals surface area contributed by atoms with Gasteiger partial charge in [0.1, 0.15) is 0 Å². The van der Waals surface area contributed by atoms with Crippen LogP contribution in [0, 0.1) is 6.92 Å². The van der Waals surface area contributed by atoms with Gasteiger partial charge in [0.05, 0.1) is 0 Å². The van der Waals surface area contributed by atoms with Crippen molar-refractivity contribution in [2.75, 3.05) is 19.6 Å². The van der Waals surface area contributed by atoms with Gasteiger partial charge in [-0.25, -0.2) is 0 Å². The highest BCUT2D eigenvalue weighted by Crippen LogP contribution is 2.28. The van der Waals surface area contributed by atoms with Crippen LogP contribution >= 0.6 is 12.6 Å². The fourth-order valence-electron chi connectivity index (χ4n) is 2.73. The molecule has 106 valence electrons. The molecule has 0 radical (unpaired) electrons. The Morgan fingerprint density at radius 1 is 1.16 bits per heavy atom. The lowest BCUT2D eigenvalue weighted by Crippen LogP contribution is -2.37. The van der Waals surface area contributed by atoms with Crippen molar-refractivity contribution in [1.29, 1.82) is 0 Å². The molecule has 0 aliphatic carbocycles. The predicted molar refractivity (Wildman–Crippen MR) is 87.3 cm³/mol. The molecule has 0 spiro atoms. The zero-order valence-corrected chi connectivity index (χ0v) is 13.4. The smallest absolute Gasteiger partial charge is 0.00411 e. The summed E-state index contributed by atoms with van der Waals surface area (Å²) in [6, 6.07) is 9.03. The quantitative estimate of drug-likeness (QED) is 0.812. The van der Waals surface area contributed by atoms with Gasteiger partial charge in [0, 0.05) is 5.25 Å². The van der Waals surface area contributed by atoms with Crippen LogP contribution in [-0.4, -0.2) is 29.8 Å². The molecule has 0 atom stereocenters. The Morgan fingerprint density at radius 3 is 2.32 bits per heavy atom. The van der Waals surface area contributed by atoms with Crippen molar-refractivity contribution in [2.24, 2.45) is 0 Å². The van der Waals surface area contributed by atoms with E-state index in [0.29, 0.717) is 5.25 Å². The maximum absolute atomic E-state index is 4.57. The van der Waals surface area contributed by atoms with Crippen LogP contribution < -0.4 is 0 Å². The molecular weight excluding hydrogens is 250 g/mol. The Hall–Kier alpha value is -0.470. The number of benzene rings is 1. The van der Waals surface area contributed by atoms with E-state index in [2.05, 4.69) is 62.6 Å². The van der Waals surface area contributed by atoms with Crippen LogP contribution in [0.2, 0.25) is 0 Å². The topological polar surface area (TPSA) is 3.24 Å². The molecule has 1 heterocycles. The number of nitrogens with zero attached hydrogens (tertiary/aromatic N) is 1. The van der Waals surface area contributed by atoms with E-state index in [4.69, 9.17) is 0 Å². The van der Waals surface area contributed by atoms with Gasteiger partial charge in [-0.2, -0.15) is 12.6 Å². The lowest BCUT2D eigenvalue weighted by Gasteiger charge is -2.33. The molecule has 0 N–H and O–H groups in total. The van der Waals surface area contributed by atoms with Crippen LogP contribution in [0.25, 0.3) is 0 Å². The van der Waals surface area contributed by atoms with Crippen LogP contribution in [0.3, 0.4) is 0 Å². The molecule has 1 aromatic carbocycles. The van der Waals surface area contributed by atoms with Crippen molar-refractivity contribution < 1.29 is 0 Å². The van der Waals surface area contributed by atoms with Gasteiger partial charge < -0.3 is 4.90 Å². The molecule has 0 amide bonds. The van der Waals surface area contributed by atoms with E-state index in [-0.39, 0.29) is 5.41 Å². The molecule has 1 aliphatic rings. The Balaban J connectivity index is 1.88. The van der Waals surface area contributed by atoms with Crippen molar-refractivity contribution >= 4 is 12.6 Å². The molecule has 0 aromatic heterocycles. The van der Waals surface area contributed by atoms with Crippen molar-refractivity contribution in [3.63, 3.8) is 0 Å². The Kier molecular flexibility index (Phi) is 4.97. The zero-order valence-electron chi connectivity index (χ0n) is 12.5. The van der Waals surface area contributed by atoms with E-state index in [1.807, 2.05) is 0 Å². The second kappa shape index (κ2) is 6.32. The molecule has 2 heteroatoms. The Labute approximate surface area is 123 Å². The van der Waals surface area contributed by atoms with E-state index >= 15 is 0 Å². The average molecular weight is 277 g/mol. The summed E-state index contributed by atoms with van der Waals surface area (Å²) in [4.78, 5) is 2.60. The summed E-state index contributed by atoms with van der Waals surface area (Å²) in [7, 11) is 0. The number of thiol groups is 1. The van der Waals surface area contributed by atoms with Gasteiger partial charge in [-0.05, 0) is 56.8 Å². The maximum atomic E-state index is 4.57. The molecule has 0 bridgehead atoms. The maximum Gasteiger partial charge on any atom is 0.00411 e. The zero-order chi connectivity index (χ0) is 13.9. The van der Waals surface area contributed by atoms with Crippen LogP contribution in [0.1, 0.15) is 44.2 Å². The third kappa shape index (κ3) is 4.25. The first-order valence-electron chi connectivity index (χ1n) is 7.45. The van der Waals surface area contributed by atoms with E-state index in [1.54, 1.807) is 0 Å². The normalized spacial score (nSPS) is 18.7. The van der Waals surface area contributed by atoms with Crippen LogP contribution in [0.5, 0.6) is 0 Å². The molecule has 1 fully saturated rings. The van der Waals surface area contributed by atoms with E-state index < -0.39 is 0 Å². The average Bonchev–Trinajstić information content (AvgIpc) is 2.39. The molecule has 2 rings (SSSR count). The summed E-state index contributed by atoms with van der Waals surface area (Å²) in [5.41, 5.74) is 3.07. The Bertz CT molecular complexity index is 388. The fourth-order valence-corrected chi connectivity index (χ4v) is 2.96. The first-order chi connectivity index (χ1) is 8.97. The van der Waals surface area contributed by atoms with Crippen LogP contribution in [0.15, 0.2) is 24.3 Å². The third-order valence-electron chi connectivity index (χ3n) is 4.44. The first-order valence-corrected chi connectivity index (χ1v) is 7.96. The standard InChI is InChI=1S/C17H27NS/c1-14-4-6-15(7-5-14)17(2,3)10-13-18-11-8-16(19)9-12-18/h4-7,16,19H,8-13H2,1-3H3. The molecule has 19 heavy (non-hydrogen) atoms. The summed E-state index contributed by atoms with van der Waals surface area (Å²) in [5.74, 6) is 0. The highest BCUT2D eigenvalue weighted by Gasteiger charge is 2.23. The molecular formula is C17H27NS. The van der Waals surface area contributed by atoms with E-state index in [0.717, 1.165) is 0 Å². The summed E-state index contributed by atoms with van der Waals surface area (Å²) >= 11 is 4.57. The lowest BCUT2D eigenvalue weighted by atomic mass is 9.81. The minimum atomic E-state index is 0.269. The molecule has 0 unspecified atom stereocenters. The van der Waals surface area contributed by atoms with Crippen molar-refractivity contribution in [2.45, 2.75) is 50.7 Å². The number of piperidine rings is 1. The van der Waals surface area contributed by atoms with Gasteiger partial charge in [-0.1, -0.05) is 43.7 Å². The van der Waals surface area contributed by atoms with Gasteiger partial charge in [0.15, 0.2) is 0 Å². The predicted octanol–water partition coefficient (Wildman–Crippen LogP) is 4.06. The highest BCUT2D eigenvalue weighted by molar-refractivity contribution is 7.80. The van der Waals surface area contributed by atoms with Crippen molar-refractivity contribution in [3.8, 4) is 0 Å². The largest absolute Gasteiger partial charge is 0.303 e. The van der Waals surface area contributed by atoms with Crippen LogP contribution in [0.4, 0.5) is 0 Å². The summed E-state index contributed by atoms with van der Waals surface area (Å²) in [5, 5.41) is 0.626. The molecule has 1 aromatic rings. The van der Waals surface area contributed by atoms with Gasteiger partial charge in [-0.15, -0.1) is 0 Å². The number of hydrogen-bond donors (Lipinski definition) is 1. The van der Waals surface area contributed by atoms with E-state index in [1.165, 1.54) is 50.0 Å². The van der Waals surface area contributed by atoms with E-state index in [9.17, 15) is 0 Å². The minimum Gasteiger partial charge on any atom is -0.303 e. The minimum absolute atomic E-state index is 0.269. The van der Waals surface area contributed by atoms with Crippen molar-refractivity contribution in [1.82, 2.24) is 4.90 Å².